The summed E-state index contributed by atoms with van der Waals surface area (Å²) in [7, 11) is 0. The highest BCUT2D eigenvalue weighted by molar-refractivity contribution is 6.05. The number of allylic oxidation sites excluding steroid dienone is 2. The molecule has 18 heavy (non-hydrogen) atoms. The Morgan fingerprint density at radius 1 is 0.889 bits per heavy atom. The average molecular weight is 247 g/mol. The highest BCUT2D eigenvalue weighted by Gasteiger charge is 2.49. The monoisotopic (exact) mass is 247 g/mol. The second-order valence-electron chi connectivity index (χ2n) is 5.47. The smallest absolute Gasteiger partial charge is 0.233 e. The Hall–Kier alpha value is -1.45. The molecular formula is C14H17NO3. The summed E-state index contributed by atoms with van der Waals surface area (Å²) in [6.45, 7) is 0. The van der Waals surface area contributed by atoms with Crippen LogP contribution in [-0.2, 0) is 14.4 Å². The standard InChI is InChI=1S/C14H17NO3/c16-10-7-5-9(6-8-10)15-13(17)11-3-1-2-4-12(11)14(15)18/h1-2,9,11-12H,3-8H2/t11-,12+. The van der Waals surface area contributed by atoms with Crippen molar-refractivity contribution in [2.45, 2.75) is 44.6 Å². The lowest BCUT2D eigenvalue weighted by Crippen LogP contribution is -2.42. The van der Waals surface area contributed by atoms with Gasteiger partial charge in [-0.05, 0) is 25.7 Å². The topological polar surface area (TPSA) is 54.5 Å². The Bertz CT molecular complexity index is 404. The van der Waals surface area contributed by atoms with Gasteiger partial charge < -0.3 is 0 Å². The zero-order valence-electron chi connectivity index (χ0n) is 10.3. The predicted molar refractivity (Wildman–Crippen MR) is 64.5 cm³/mol. The van der Waals surface area contributed by atoms with Gasteiger partial charge in [-0.3, -0.25) is 19.3 Å². The van der Waals surface area contributed by atoms with E-state index in [0.29, 0.717) is 38.5 Å². The highest BCUT2D eigenvalue weighted by Crippen LogP contribution is 2.38. The first-order valence-electron chi connectivity index (χ1n) is 6.72. The normalized spacial score (nSPS) is 33.1. The van der Waals surface area contributed by atoms with Crippen LogP contribution in [0.3, 0.4) is 0 Å². The van der Waals surface area contributed by atoms with Crippen LogP contribution < -0.4 is 0 Å². The van der Waals surface area contributed by atoms with Gasteiger partial charge in [-0.15, -0.1) is 0 Å². The van der Waals surface area contributed by atoms with Crippen molar-refractivity contribution in [2.24, 2.45) is 11.8 Å². The number of carbonyl (C=O) groups excluding carboxylic acids is 3. The molecule has 0 aromatic rings. The van der Waals surface area contributed by atoms with Crippen molar-refractivity contribution in [1.82, 2.24) is 4.90 Å². The first-order valence-corrected chi connectivity index (χ1v) is 6.72. The van der Waals surface area contributed by atoms with E-state index in [1.165, 1.54) is 4.90 Å². The minimum atomic E-state index is -0.139. The van der Waals surface area contributed by atoms with Crippen molar-refractivity contribution in [3.8, 4) is 0 Å². The molecule has 2 atom stereocenters. The Kier molecular flexibility index (Phi) is 2.80. The Morgan fingerprint density at radius 2 is 1.39 bits per heavy atom. The largest absolute Gasteiger partial charge is 0.300 e. The van der Waals surface area contributed by atoms with Crippen LogP contribution in [0.4, 0.5) is 0 Å². The molecule has 3 aliphatic rings. The summed E-state index contributed by atoms with van der Waals surface area (Å²) in [6.07, 6.45) is 7.71. The van der Waals surface area contributed by atoms with Crippen LogP contribution in [0, 0.1) is 11.8 Å². The molecule has 0 bridgehead atoms. The summed E-state index contributed by atoms with van der Waals surface area (Å²) in [5, 5.41) is 0. The maximum atomic E-state index is 12.3. The van der Waals surface area contributed by atoms with Crippen LogP contribution in [0.1, 0.15) is 38.5 Å². The number of hydrogen-bond donors (Lipinski definition) is 0. The van der Waals surface area contributed by atoms with E-state index in [4.69, 9.17) is 0 Å². The van der Waals surface area contributed by atoms with Crippen molar-refractivity contribution < 1.29 is 14.4 Å². The molecule has 1 saturated heterocycles. The molecule has 0 aromatic heterocycles. The van der Waals surface area contributed by atoms with E-state index in [2.05, 4.69) is 0 Å². The number of ketones is 1. The van der Waals surface area contributed by atoms with Crippen molar-refractivity contribution in [3.05, 3.63) is 12.2 Å². The van der Waals surface area contributed by atoms with Crippen molar-refractivity contribution in [2.75, 3.05) is 0 Å². The fourth-order valence-corrected chi connectivity index (χ4v) is 3.37. The lowest BCUT2D eigenvalue weighted by Gasteiger charge is -2.29. The van der Waals surface area contributed by atoms with Gasteiger partial charge in [-0.1, -0.05) is 12.2 Å². The molecule has 1 saturated carbocycles. The minimum Gasteiger partial charge on any atom is -0.300 e. The molecule has 0 spiro atoms. The van der Waals surface area contributed by atoms with E-state index in [1.807, 2.05) is 12.2 Å². The van der Waals surface area contributed by atoms with Gasteiger partial charge in [0.1, 0.15) is 5.78 Å². The second-order valence-corrected chi connectivity index (χ2v) is 5.47. The van der Waals surface area contributed by atoms with E-state index in [0.717, 1.165) is 0 Å². The van der Waals surface area contributed by atoms with E-state index in [9.17, 15) is 14.4 Å². The van der Waals surface area contributed by atoms with Crippen molar-refractivity contribution in [1.29, 1.82) is 0 Å². The number of likely N-dealkylation sites (tertiary alicyclic amines) is 1. The molecule has 0 unspecified atom stereocenters. The van der Waals surface area contributed by atoms with Gasteiger partial charge in [0.15, 0.2) is 0 Å². The number of carbonyl (C=O) groups is 3. The van der Waals surface area contributed by atoms with E-state index >= 15 is 0 Å². The zero-order valence-corrected chi connectivity index (χ0v) is 10.3. The third kappa shape index (κ3) is 1.71. The molecule has 0 N–H and O–H groups in total. The average Bonchev–Trinajstić information content (AvgIpc) is 2.64. The molecule has 1 heterocycles. The van der Waals surface area contributed by atoms with Crippen LogP contribution >= 0.6 is 0 Å². The molecule has 1 aliphatic heterocycles. The quantitative estimate of drug-likeness (QED) is 0.520. The summed E-state index contributed by atoms with van der Waals surface area (Å²) in [5.41, 5.74) is 0. The summed E-state index contributed by atoms with van der Waals surface area (Å²) < 4.78 is 0. The SMILES string of the molecule is O=C1CCC(N2C(=O)[C@H]3CC=CC[C@H]3C2=O)CC1. The van der Waals surface area contributed by atoms with E-state index in [-0.39, 0.29) is 35.5 Å². The number of amides is 2. The number of hydrogen-bond acceptors (Lipinski definition) is 3. The number of imide groups is 1. The second kappa shape index (κ2) is 4.34. The van der Waals surface area contributed by atoms with Gasteiger partial charge in [-0.25, -0.2) is 0 Å². The van der Waals surface area contributed by atoms with Gasteiger partial charge in [0.05, 0.1) is 11.8 Å². The molecule has 2 amide bonds. The molecule has 4 nitrogen and oxygen atoms in total. The van der Waals surface area contributed by atoms with Crippen molar-refractivity contribution in [3.63, 3.8) is 0 Å². The summed E-state index contributed by atoms with van der Waals surface area (Å²) in [4.78, 5) is 37.4. The van der Waals surface area contributed by atoms with Crippen LogP contribution in [-0.4, -0.2) is 28.5 Å². The molecule has 4 heteroatoms. The fourth-order valence-electron chi connectivity index (χ4n) is 3.37. The molecule has 2 aliphatic carbocycles. The minimum absolute atomic E-state index is 0.00583. The summed E-state index contributed by atoms with van der Waals surface area (Å²) in [6, 6.07) is -0.0340. The van der Waals surface area contributed by atoms with Crippen LogP contribution in [0.5, 0.6) is 0 Å². The number of rotatable bonds is 1. The van der Waals surface area contributed by atoms with Gasteiger partial charge in [-0.2, -0.15) is 0 Å². The number of Topliss-reactive ketones (excluding diaryl/α,β-unsaturated/α-hetero) is 1. The van der Waals surface area contributed by atoms with Crippen LogP contribution in [0.25, 0.3) is 0 Å². The lowest BCUT2D eigenvalue weighted by atomic mass is 9.85. The maximum absolute atomic E-state index is 12.3. The highest BCUT2D eigenvalue weighted by atomic mass is 16.2. The molecule has 2 fully saturated rings. The third-order valence-corrected chi connectivity index (χ3v) is 4.42. The first-order chi connectivity index (χ1) is 8.68. The zero-order chi connectivity index (χ0) is 12.7. The Balaban J connectivity index is 1.79. The van der Waals surface area contributed by atoms with Gasteiger partial charge >= 0.3 is 0 Å². The fraction of sp³-hybridized carbons (Fsp3) is 0.643. The van der Waals surface area contributed by atoms with Gasteiger partial charge in [0.25, 0.3) is 0 Å². The summed E-state index contributed by atoms with van der Waals surface area (Å²) in [5.74, 6) is -0.0351. The van der Waals surface area contributed by atoms with Crippen LogP contribution in [0.15, 0.2) is 12.2 Å². The van der Waals surface area contributed by atoms with Crippen molar-refractivity contribution >= 4 is 17.6 Å². The Labute approximate surface area is 106 Å². The molecule has 0 radical (unpaired) electrons. The van der Waals surface area contributed by atoms with E-state index in [1.54, 1.807) is 0 Å². The number of nitrogens with zero attached hydrogens (tertiary/aromatic N) is 1. The third-order valence-electron chi connectivity index (χ3n) is 4.42. The van der Waals surface area contributed by atoms with Gasteiger partial charge in [0.2, 0.25) is 11.8 Å². The van der Waals surface area contributed by atoms with Crippen LogP contribution in [0.2, 0.25) is 0 Å². The molecule has 96 valence electrons. The molecule has 0 aromatic carbocycles. The van der Waals surface area contributed by atoms with E-state index < -0.39 is 0 Å². The molecule has 3 rings (SSSR count). The maximum Gasteiger partial charge on any atom is 0.233 e. The lowest BCUT2D eigenvalue weighted by molar-refractivity contribution is -0.144. The molecular weight excluding hydrogens is 230 g/mol. The Morgan fingerprint density at radius 3 is 1.89 bits per heavy atom. The first kappa shape index (κ1) is 11.6. The van der Waals surface area contributed by atoms with Gasteiger partial charge in [0, 0.05) is 18.9 Å². The summed E-state index contributed by atoms with van der Waals surface area (Å²) >= 11 is 0. The predicted octanol–water partition coefficient (Wildman–Crippen LogP) is 1.45. The number of fused-ring (bicyclic) bond motifs is 1.